The minimum absolute atomic E-state index is 0.0531. The maximum Gasteiger partial charge on any atom is 0.243 e. The van der Waals surface area contributed by atoms with E-state index in [1.54, 1.807) is 32.5 Å². The Morgan fingerprint density at radius 2 is 1.93 bits per heavy atom. The van der Waals surface area contributed by atoms with Crippen molar-refractivity contribution in [2.45, 2.75) is 19.4 Å². The number of para-hydroxylation sites is 2. The second-order valence-electron chi connectivity index (χ2n) is 6.67. The number of aliphatic imine (C=N–C) groups is 1. The van der Waals surface area contributed by atoms with E-state index in [9.17, 15) is 4.79 Å². The summed E-state index contributed by atoms with van der Waals surface area (Å²) in [6.45, 7) is 3.31. The summed E-state index contributed by atoms with van der Waals surface area (Å²) in [5.41, 5.74) is 0. The number of nitrogens with zero attached hydrogens (tertiary/aromatic N) is 2. The van der Waals surface area contributed by atoms with Crippen molar-refractivity contribution >= 4 is 23.2 Å². The molecule has 1 aromatic heterocycles. The molecule has 158 valence electrons. The topological polar surface area (TPSA) is 75.2 Å². The zero-order valence-electron chi connectivity index (χ0n) is 17.5. The number of nitrogens with one attached hydrogen (secondary N) is 2. The van der Waals surface area contributed by atoms with Crippen LogP contribution in [0.15, 0.2) is 46.8 Å². The van der Waals surface area contributed by atoms with Crippen LogP contribution in [0.5, 0.6) is 11.5 Å². The monoisotopic (exact) mass is 418 g/mol. The number of thiophene rings is 1. The summed E-state index contributed by atoms with van der Waals surface area (Å²) >= 11 is 1.73. The number of hydrogen-bond acceptors (Lipinski definition) is 5. The van der Waals surface area contributed by atoms with E-state index in [1.807, 2.05) is 37.3 Å². The van der Waals surface area contributed by atoms with Crippen LogP contribution in [0.25, 0.3) is 0 Å². The molecule has 0 fully saturated rings. The zero-order chi connectivity index (χ0) is 21.1. The average molecular weight is 419 g/mol. The molecule has 1 aromatic carbocycles. The van der Waals surface area contributed by atoms with E-state index < -0.39 is 0 Å². The number of ether oxygens (including phenoxy) is 2. The summed E-state index contributed by atoms with van der Waals surface area (Å²) < 4.78 is 11.3. The molecule has 2 rings (SSSR count). The Morgan fingerprint density at radius 3 is 2.59 bits per heavy atom. The van der Waals surface area contributed by atoms with Crippen molar-refractivity contribution in [3.63, 3.8) is 0 Å². The maximum absolute atomic E-state index is 11.9. The largest absolute Gasteiger partial charge is 0.493 e. The van der Waals surface area contributed by atoms with Gasteiger partial charge in [0.25, 0.3) is 0 Å². The van der Waals surface area contributed by atoms with Gasteiger partial charge in [-0.1, -0.05) is 18.2 Å². The van der Waals surface area contributed by atoms with Gasteiger partial charge in [-0.25, -0.2) is 4.99 Å². The number of carbonyl (C=O) groups excluding carboxylic acids is 1. The van der Waals surface area contributed by atoms with E-state index in [1.165, 1.54) is 9.78 Å². The predicted octanol–water partition coefficient (Wildman–Crippen LogP) is 2.39. The van der Waals surface area contributed by atoms with Crippen LogP contribution in [0.3, 0.4) is 0 Å². The standard InChI is InChI=1S/C21H30N4O3S/c1-16(28-19-10-6-5-9-18(19)27-4)14-23-21(24-15-20(26)25(2)3)22-12-11-17-8-7-13-29-17/h5-10,13,16H,11-12,14-15H2,1-4H3,(H2,22,23,24). The van der Waals surface area contributed by atoms with Gasteiger partial charge in [-0.05, 0) is 36.9 Å². The molecule has 2 aromatic rings. The molecule has 1 heterocycles. The van der Waals surface area contributed by atoms with Crippen LogP contribution in [0, 0.1) is 0 Å². The maximum atomic E-state index is 11.9. The van der Waals surface area contributed by atoms with Gasteiger partial charge in [0.15, 0.2) is 17.5 Å². The van der Waals surface area contributed by atoms with Crippen molar-refractivity contribution in [1.82, 2.24) is 15.5 Å². The Bertz CT molecular complexity index is 778. The SMILES string of the molecule is COc1ccccc1OC(C)CNC(=NCC(=O)N(C)C)NCCc1cccs1. The summed E-state index contributed by atoms with van der Waals surface area (Å²) in [4.78, 5) is 19.1. The van der Waals surface area contributed by atoms with Crippen LogP contribution < -0.4 is 20.1 Å². The second-order valence-corrected chi connectivity index (χ2v) is 7.70. The Labute approximate surface area is 176 Å². The highest BCUT2D eigenvalue weighted by Gasteiger charge is 2.10. The van der Waals surface area contributed by atoms with Crippen LogP contribution in [-0.4, -0.2) is 63.7 Å². The summed E-state index contributed by atoms with van der Waals surface area (Å²) in [5, 5.41) is 8.61. The van der Waals surface area contributed by atoms with Crippen molar-refractivity contribution in [2.24, 2.45) is 4.99 Å². The fourth-order valence-electron chi connectivity index (χ4n) is 2.44. The van der Waals surface area contributed by atoms with E-state index >= 15 is 0 Å². The van der Waals surface area contributed by atoms with Crippen molar-refractivity contribution in [2.75, 3.05) is 40.8 Å². The average Bonchev–Trinajstić information content (AvgIpc) is 3.23. The van der Waals surface area contributed by atoms with Gasteiger partial charge in [0.1, 0.15) is 12.6 Å². The van der Waals surface area contributed by atoms with Gasteiger partial charge >= 0.3 is 0 Å². The number of methoxy groups -OCH3 is 1. The van der Waals surface area contributed by atoms with E-state index in [4.69, 9.17) is 9.47 Å². The fourth-order valence-corrected chi connectivity index (χ4v) is 3.15. The highest BCUT2D eigenvalue weighted by molar-refractivity contribution is 7.09. The molecular weight excluding hydrogens is 388 g/mol. The highest BCUT2D eigenvalue weighted by atomic mass is 32.1. The Hall–Kier alpha value is -2.74. The summed E-state index contributed by atoms with van der Waals surface area (Å²) in [6.07, 6.45) is 0.771. The molecule has 0 aliphatic rings. The number of carbonyl (C=O) groups is 1. The van der Waals surface area contributed by atoms with Crippen molar-refractivity contribution < 1.29 is 14.3 Å². The number of rotatable bonds is 10. The molecule has 0 saturated heterocycles. The van der Waals surface area contributed by atoms with Gasteiger partial charge in [-0.3, -0.25) is 4.79 Å². The van der Waals surface area contributed by atoms with Gasteiger partial charge in [-0.2, -0.15) is 0 Å². The minimum atomic E-state index is -0.125. The molecule has 1 atom stereocenters. The molecule has 1 amide bonds. The number of amides is 1. The minimum Gasteiger partial charge on any atom is -0.493 e. The van der Waals surface area contributed by atoms with Crippen molar-refractivity contribution in [3.05, 3.63) is 46.7 Å². The first-order valence-electron chi connectivity index (χ1n) is 9.54. The van der Waals surface area contributed by atoms with Gasteiger partial charge < -0.3 is 25.0 Å². The first-order valence-corrected chi connectivity index (χ1v) is 10.4. The van der Waals surface area contributed by atoms with E-state index in [0.717, 1.165) is 13.0 Å². The van der Waals surface area contributed by atoms with E-state index in [2.05, 4.69) is 27.1 Å². The number of hydrogen-bond donors (Lipinski definition) is 2. The second kappa shape index (κ2) is 12.0. The summed E-state index contributed by atoms with van der Waals surface area (Å²) in [6, 6.07) is 11.7. The van der Waals surface area contributed by atoms with Gasteiger partial charge in [0.2, 0.25) is 5.91 Å². The number of guanidine groups is 1. The smallest absolute Gasteiger partial charge is 0.243 e. The van der Waals surface area contributed by atoms with Crippen molar-refractivity contribution in [1.29, 1.82) is 0 Å². The highest BCUT2D eigenvalue weighted by Crippen LogP contribution is 2.26. The fraction of sp³-hybridized carbons (Fsp3) is 0.429. The lowest BCUT2D eigenvalue weighted by atomic mass is 10.3. The quantitative estimate of drug-likeness (QED) is 0.458. The van der Waals surface area contributed by atoms with Crippen LogP contribution in [0.2, 0.25) is 0 Å². The molecule has 0 saturated carbocycles. The first kappa shape index (κ1) is 22.5. The molecule has 29 heavy (non-hydrogen) atoms. The van der Waals surface area contributed by atoms with Crippen LogP contribution in [0.4, 0.5) is 0 Å². The molecule has 0 spiro atoms. The van der Waals surface area contributed by atoms with Gasteiger partial charge in [-0.15, -0.1) is 11.3 Å². The molecule has 1 unspecified atom stereocenters. The lowest BCUT2D eigenvalue weighted by Crippen LogP contribution is -2.43. The van der Waals surface area contributed by atoms with Crippen LogP contribution in [-0.2, 0) is 11.2 Å². The van der Waals surface area contributed by atoms with Gasteiger partial charge in [0, 0.05) is 25.5 Å². The molecule has 0 radical (unpaired) electrons. The number of benzene rings is 1. The van der Waals surface area contributed by atoms with Crippen LogP contribution >= 0.6 is 11.3 Å². The molecule has 8 heteroatoms. The molecular formula is C21H30N4O3S. The molecule has 7 nitrogen and oxygen atoms in total. The Morgan fingerprint density at radius 1 is 1.17 bits per heavy atom. The molecule has 2 N–H and O–H groups in total. The lowest BCUT2D eigenvalue weighted by molar-refractivity contribution is -0.127. The third-order valence-corrected chi connectivity index (χ3v) is 5.01. The summed E-state index contributed by atoms with van der Waals surface area (Å²) in [5.74, 6) is 1.92. The van der Waals surface area contributed by atoms with E-state index in [-0.39, 0.29) is 18.6 Å². The molecule has 0 aliphatic heterocycles. The zero-order valence-corrected chi connectivity index (χ0v) is 18.3. The third kappa shape index (κ3) is 8.03. The summed E-state index contributed by atoms with van der Waals surface area (Å²) in [7, 11) is 5.06. The van der Waals surface area contributed by atoms with Crippen molar-refractivity contribution in [3.8, 4) is 11.5 Å². The lowest BCUT2D eigenvalue weighted by Gasteiger charge is -2.19. The third-order valence-electron chi connectivity index (χ3n) is 4.07. The molecule has 0 bridgehead atoms. The normalized spacial score (nSPS) is 12.2. The molecule has 0 aliphatic carbocycles. The van der Waals surface area contributed by atoms with E-state index in [0.29, 0.717) is 24.0 Å². The number of likely N-dealkylation sites (N-methyl/N-ethyl adjacent to an activating group) is 1. The van der Waals surface area contributed by atoms with Crippen LogP contribution in [0.1, 0.15) is 11.8 Å². The Balaban J connectivity index is 1.90. The Kier molecular flexibility index (Phi) is 9.30. The predicted molar refractivity (Wildman–Crippen MR) is 118 cm³/mol. The first-order chi connectivity index (χ1) is 14.0. The van der Waals surface area contributed by atoms with Gasteiger partial charge in [0.05, 0.1) is 13.7 Å².